The lowest BCUT2D eigenvalue weighted by Crippen LogP contribution is -2.25. The van der Waals surface area contributed by atoms with Crippen molar-refractivity contribution in [3.05, 3.63) is 58.0 Å². The highest BCUT2D eigenvalue weighted by molar-refractivity contribution is 5.98. The maximum atomic E-state index is 12.7. The normalized spacial score (nSPS) is 11.2. The summed E-state index contributed by atoms with van der Waals surface area (Å²) in [4.78, 5) is 24.1. The number of halogens is 3. The van der Waals surface area contributed by atoms with Gasteiger partial charge in [0.2, 0.25) is 0 Å². The minimum absolute atomic E-state index is 0.141. The topological polar surface area (TPSA) is 57.5 Å². The van der Waals surface area contributed by atoms with Gasteiger partial charge in [-0.3, -0.25) is 9.59 Å². The number of methoxy groups -OCH3 is 2. The number of hydrogen-bond acceptors (Lipinski definition) is 4. The Morgan fingerprint density at radius 3 is 2.42 bits per heavy atom. The monoisotopic (exact) mass is 341 g/mol. The van der Waals surface area contributed by atoms with E-state index in [2.05, 4.69) is 0 Å². The zero-order valence-corrected chi connectivity index (χ0v) is 12.9. The van der Waals surface area contributed by atoms with E-state index in [9.17, 15) is 22.8 Å². The van der Waals surface area contributed by atoms with Gasteiger partial charge in [-0.2, -0.15) is 13.2 Å². The van der Waals surface area contributed by atoms with E-state index in [0.717, 1.165) is 10.6 Å². The van der Waals surface area contributed by atoms with Crippen LogP contribution in [0.4, 0.5) is 13.2 Å². The van der Waals surface area contributed by atoms with Gasteiger partial charge >= 0.3 is 6.18 Å². The predicted molar refractivity (Wildman–Crippen MR) is 79.6 cm³/mol. The van der Waals surface area contributed by atoms with Gasteiger partial charge in [0, 0.05) is 18.3 Å². The third kappa shape index (κ3) is 3.76. The van der Waals surface area contributed by atoms with E-state index in [0.29, 0.717) is 18.0 Å². The number of aromatic nitrogens is 1. The third-order valence-corrected chi connectivity index (χ3v) is 3.33. The molecule has 2 aromatic rings. The summed E-state index contributed by atoms with van der Waals surface area (Å²) >= 11 is 0. The van der Waals surface area contributed by atoms with Gasteiger partial charge < -0.3 is 14.0 Å². The number of rotatable bonds is 5. The zero-order valence-electron chi connectivity index (χ0n) is 12.9. The number of benzene rings is 1. The number of carbonyl (C=O) groups excluding carboxylic acids is 1. The van der Waals surface area contributed by atoms with Crippen molar-refractivity contribution in [3.8, 4) is 11.5 Å². The highest BCUT2D eigenvalue weighted by atomic mass is 19.4. The third-order valence-electron chi connectivity index (χ3n) is 3.33. The Morgan fingerprint density at radius 2 is 1.83 bits per heavy atom. The molecular formula is C16H14F3NO4. The van der Waals surface area contributed by atoms with Gasteiger partial charge in [-0.25, -0.2) is 0 Å². The molecule has 0 saturated carbocycles. The summed E-state index contributed by atoms with van der Waals surface area (Å²) in [6.45, 7) is -0.536. The van der Waals surface area contributed by atoms with Crippen LogP contribution in [-0.4, -0.2) is 24.6 Å². The lowest BCUT2D eigenvalue weighted by molar-refractivity contribution is -0.138. The second-order valence-electron chi connectivity index (χ2n) is 4.87. The van der Waals surface area contributed by atoms with Crippen molar-refractivity contribution in [3.63, 3.8) is 0 Å². The Bertz CT molecular complexity index is 812. The average molecular weight is 341 g/mol. The molecule has 2 rings (SSSR count). The maximum absolute atomic E-state index is 12.7. The lowest BCUT2D eigenvalue weighted by Gasteiger charge is -2.12. The van der Waals surface area contributed by atoms with Crippen molar-refractivity contribution in [1.82, 2.24) is 4.57 Å². The summed E-state index contributed by atoms with van der Waals surface area (Å²) < 4.78 is 49.0. The molecule has 128 valence electrons. The first-order valence-corrected chi connectivity index (χ1v) is 6.79. The molecule has 0 atom stereocenters. The van der Waals surface area contributed by atoms with Crippen molar-refractivity contribution in [2.24, 2.45) is 0 Å². The van der Waals surface area contributed by atoms with E-state index in [-0.39, 0.29) is 11.3 Å². The van der Waals surface area contributed by atoms with E-state index in [4.69, 9.17) is 9.47 Å². The molecule has 0 saturated heterocycles. The Kier molecular flexibility index (Phi) is 4.96. The highest BCUT2D eigenvalue weighted by Gasteiger charge is 2.31. The predicted octanol–water partition coefficient (Wildman–Crippen LogP) is 2.77. The van der Waals surface area contributed by atoms with Crippen molar-refractivity contribution in [2.75, 3.05) is 14.2 Å². The van der Waals surface area contributed by atoms with Crippen LogP contribution in [0.15, 0.2) is 41.3 Å². The molecule has 0 unspecified atom stereocenters. The van der Waals surface area contributed by atoms with Gasteiger partial charge in [-0.05, 0) is 18.2 Å². The second kappa shape index (κ2) is 6.77. The highest BCUT2D eigenvalue weighted by Crippen LogP contribution is 2.28. The Morgan fingerprint density at radius 1 is 1.12 bits per heavy atom. The van der Waals surface area contributed by atoms with Crippen molar-refractivity contribution < 1.29 is 27.4 Å². The van der Waals surface area contributed by atoms with Crippen molar-refractivity contribution in [1.29, 1.82) is 0 Å². The van der Waals surface area contributed by atoms with E-state index in [1.54, 1.807) is 0 Å². The Balaban J connectivity index is 2.35. The Hall–Kier alpha value is -2.77. The zero-order chi connectivity index (χ0) is 17.9. The van der Waals surface area contributed by atoms with Gasteiger partial charge in [0.15, 0.2) is 5.78 Å². The van der Waals surface area contributed by atoms with Crippen molar-refractivity contribution >= 4 is 5.78 Å². The standard InChI is InChI=1S/C16H14F3NO4/c1-23-11-4-5-12(14(7-11)24-2)13(21)9-20-8-10(16(17,18)19)3-6-15(20)22/h3-8H,9H2,1-2H3. The fraction of sp³-hybridized carbons (Fsp3) is 0.250. The van der Waals surface area contributed by atoms with Crippen LogP contribution >= 0.6 is 0 Å². The van der Waals surface area contributed by atoms with E-state index >= 15 is 0 Å². The molecular weight excluding hydrogens is 327 g/mol. The number of hydrogen-bond donors (Lipinski definition) is 0. The Labute approximate surface area is 135 Å². The first-order chi connectivity index (χ1) is 11.3. The van der Waals surface area contributed by atoms with Gasteiger partial charge in [-0.15, -0.1) is 0 Å². The molecule has 0 aliphatic rings. The molecule has 0 N–H and O–H groups in total. The van der Waals surface area contributed by atoms with Crippen LogP contribution in [0.5, 0.6) is 11.5 Å². The molecule has 24 heavy (non-hydrogen) atoms. The molecule has 8 heteroatoms. The molecule has 5 nitrogen and oxygen atoms in total. The van der Waals surface area contributed by atoms with Crippen LogP contribution in [-0.2, 0) is 12.7 Å². The van der Waals surface area contributed by atoms with Gasteiger partial charge in [0.25, 0.3) is 5.56 Å². The number of ketones is 1. The lowest BCUT2D eigenvalue weighted by atomic mass is 10.1. The largest absolute Gasteiger partial charge is 0.497 e. The number of carbonyl (C=O) groups is 1. The van der Waals surface area contributed by atoms with Gasteiger partial charge in [0.1, 0.15) is 11.5 Å². The summed E-state index contributed by atoms with van der Waals surface area (Å²) in [7, 11) is 2.79. The van der Waals surface area contributed by atoms with E-state index in [1.165, 1.54) is 32.4 Å². The van der Waals surface area contributed by atoms with Crippen LogP contribution in [0, 0.1) is 0 Å². The maximum Gasteiger partial charge on any atom is 0.417 e. The average Bonchev–Trinajstić information content (AvgIpc) is 2.55. The summed E-state index contributed by atoms with van der Waals surface area (Å²) in [6, 6.07) is 5.88. The van der Waals surface area contributed by atoms with Crippen molar-refractivity contribution in [2.45, 2.75) is 12.7 Å². The van der Waals surface area contributed by atoms with Gasteiger partial charge in [0.05, 0.1) is 31.9 Å². The molecule has 0 bridgehead atoms. The fourth-order valence-corrected chi connectivity index (χ4v) is 2.09. The summed E-state index contributed by atoms with van der Waals surface area (Å²) in [5, 5.41) is 0. The van der Waals surface area contributed by atoms with Crippen LogP contribution < -0.4 is 15.0 Å². The molecule has 0 amide bonds. The van der Waals surface area contributed by atoms with Gasteiger partial charge in [-0.1, -0.05) is 0 Å². The molecule has 0 spiro atoms. The number of alkyl halides is 3. The first kappa shape index (κ1) is 17.6. The number of nitrogens with zero attached hydrogens (tertiary/aromatic N) is 1. The summed E-state index contributed by atoms with van der Waals surface area (Å²) in [5.74, 6) is 0.106. The number of ether oxygens (including phenoxy) is 2. The SMILES string of the molecule is COc1ccc(C(=O)Cn2cc(C(F)(F)F)ccc2=O)c(OC)c1. The van der Waals surface area contributed by atoms with E-state index in [1.807, 2.05) is 0 Å². The number of Topliss-reactive ketones (excluding diaryl/α,β-unsaturated/α-hetero) is 1. The van der Waals surface area contributed by atoms with Crippen LogP contribution in [0.25, 0.3) is 0 Å². The number of pyridine rings is 1. The minimum Gasteiger partial charge on any atom is -0.497 e. The van der Waals surface area contributed by atoms with Crippen LogP contribution in [0.1, 0.15) is 15.9 Å². The second-order valence-corrected chi connectivity index (χ2v) is 4.87. The molecule has 0 aliphatic carbocycles. The van der Waals surface area contributed by atoms with Crippen LogP contribution in [0.2, 0.25) is 0 Å². The molecule has 0 radical (unpaired) electrons. The molecule has 0 aliphatic heterocycles. The molecule has 1 heterocycles. The minimum atomic E-state index is -4.60. The summed E-state index contributed by atoms with van der Waals surface area (Å²) in [5.41, 5.74) is -1.57. The van der Waals surface area contributed by atoms with Crippen LogP contribution in [0.3, 0.4) is 0 Å². The molecule has 0 fully saturated rings. The van der Waals surface area contributed by atoms with E-state index < -0.39 is 29.6 Å². The molecule has 1 aromatic heterocycles. The quantitative estimate of drug-likeness (QED) is 0.785. The summed E-state index contributed by atoms with van der Waals surface area (Å²) in [6.07, 6.45) is -3.98. The molecule has 1 aromatic carbocycles. The smallest absolute Gasteiger partial charge is 0.417 e. The first-order valence-electron chi connectivity index (χ1n) is 6.79. The fourth-order valence-electron chi connectivity index (χ4n) is 2.09.